The van der Waals surface area contributed by atoms with Crippen molar-refractivity contribution in [1.82, 2.24) is 4.90 Å². The molecule has 1 fully saturated rings. The molecular weight excluding hydrogens is 296 g/mol. The first kappa shape index (κ1) is 15.4. The Balaban J connectivity index is 1.81. The first-order valence-corrected chi connectivity index (χ1v) is 9.05. The van der Waals surface area contributed by atoms with E-state index in [-0.39, 0.29) is 11.8 Å². The summed E-state index contributed by atoms with van der Waals surface area (Å²) in [6, 6.07) is 6.03. The number of amides is 2. The fourth-order valence-electron chi connectivity index (χ4n) is 3.34. The highest BCUT2D eigenvalue weighted by molar-refractivity contribution is 8.00. The molecule has 2 amide bonds. The third-order valence-electron chi connectivity index (χ3n) is 4.48. The molecule has 0 radical (unpaired) electrons. The average Bonchev–Trinajstić information content (AvgIpc) is 2.55. The summed E-state index contributed by atoms with van der Waals surface area (Å²) < 4.78 is 0. The first-order valence-electron chi connectivity index (χ1n) is 8.06. The summed E-state index contributed by atoms with van der Waals surface area (Å²) in [5, 5.41) is 2.86. The van der Waals surface area contributed by atoms with Gasteiger partial charge in [0.1, 0.15) is 0 Å². The van der Waals surface area contributed by atoms with Crippen molar-refractivity contribution < 1.29 is 9.59 Å². The summed E-state index contributed by atoms with van der Waals surface area (Å²) >= 11 is 1.52. The lowest BCUT2D eigenvalue weighted by molar-refractivity contribution is -0.113. The second-order valence-electron chi connectivity index (χ2n) is 5.93. The highest BCUT2D eigenvalue weighted by Gasteiger charge is 2.26. The molecule has 1 aliphatic carbocycles. The number of hydrogen-bond donors (Lipinski definition) is 1. The number of carbonyl (C=O) groups is 2. The minimum Gasteiger partial charge on any atom is -0.336 e. The second kappa shape index (κ2) is 6.73. The lowest BCUT2D eigenvalue weighted by Gasteiger charge is -2.34. The van der Waals surface area contributed by atoms with Gasteiger partial charge in [-0.15, -0.1) is 11.8 Å². The van der Waals surface area contributed by atoms with E-state index in [9.17, 15) is 9.59 Å². The van der Waals surface area contributed by atoms with Gasteiger partial charge < -0.3 is 10.2 Å². The lowest BCUT2D eigenvalue weighted by atomic mass is 9.93. The summed E-state index contributed by atoms with van der Waals surface area (Å²) in [6.07, 6.45) is 5.93. The van der Waals surface area contributed by atoms with E-state index in [4.69, 9.17) is 0 Å². The fourth-order valence-corrected chi connectivity index (χ4v) is 4.13. The van der Waals surface area contributed by atoms with Gasteiger partial charge in [0.25, 0.3) is 5.91 Å². The van der Waals surface area contributed by atoms with E-state index >= 15 is 0 Å². The Morgan fingerprint density at radius 1 is 1.32 bits per heavy atom. The Hall–Kier alpha value is -1.49. The van der Waals surface area contributed by atoms with E-state index in [0.29, 0.717) is 17.4 Å². The van der Waals surface area contributed by atoms with Gasteiger partial charge in [-0.05, 0) is 38.0 Å². The number of benzene rings is 1. The van der Waals surface area contributed by atoms with Crippen LogP contribution in [0.15, 0.2) is 23.1 Å². The van der Waals surface area contributed by atoms with E-state index in [0.717, 1.165) is 30.0 Å². The van der Waals surface area contributed by atoms with Crippen LogP contribution in [0, 0.1) is 0 Å². The number of carbonyl (C=O) groups excluding carboxylic acids is 2. The van der Waals surface area contributed by atoms with Crippen LogP contribution in [0.3, 0.4) is 0 Å². The van der Waals surface area contributed by atoms with Crippen LogP contribution in [-0.4, -0.2) is 35.1 Å². The Morgan fingerprint density at radius 2 is 2.09 bits per heavy atom. The van der Waals surface area contributed by atoms with Crippen LogP contribution in [-0.2, 0) is 4.79 Å². The van der Waals surface area contributed by atoms with E-state index in [1.807, 2.05) is 30.0 Å². The van der Waals surface area contributed by atoms with Crippen molar-refractivity contribution in [3.8, 4) is 0 Å². The van der Waals surface area contributed by atoms with Gasteiger partial charge in [-0.25, -0.2) is 0 Å². The maximum absolute atomic E-state index is 12.8. The van der Waals surface area contributed by atoms with Crippen LogP contribution in [0.4, 0.5) is 5.69 Å². The number of nitrogens with zero attached hydrogens (tertiary/aromatic N) is 1. The molecule has 2 aliphatic rings. The van der Waals surface area contributed by atoms with Gasteiger partial charge in [-0.3, -0.25) is 9.59 Å². The van der Waals surface area contributed by atoms with E-state index < -0.39 is 0 Å². The summed E-state index contributed by atoms with van der Waals surface area (Å²) in [7, 11) is 0. The molecule has 0 saturated heterocycles. The minimum atomic E-state index is 0.00160. The van der Waals surface area contributed by atoms with E-state index in [1.54, 1.807) is 0 Å². The highest BCUT2D eigenvalue weighted by Crippen LogP contribution is 2.33. The summed E-state index contributed by atoms with van der Waals surface area (Å²) in [4.78, 5) is 27.4. The number of nitrogens with one attached hydrogen (secondary N) is 1. The maximum atomic E-state index is 12.8. The van der Waals surface area contributed by atoms with Crippen molar-refractivity contribution in [2.45, 2.75) is 50.0 Å². The Kier molecular flexibility index (Phi) is 4.71. The van der Waals surface area contributed by atoms with Crippen molar-refractivity contribution in [2.75, 3.05) is 17.6 Å². The molecule has 0 spiro atoms. The normalized spacial score (nSPS) is 18.5. The van der Waals surface area contributed by atoms with Crippen molar-refractivity contribution >= 4 is 29.3 Å². The summed E-state index contributed by atoms with van der Waals surface area (Å²) in [5.41, 5.74) is 1.45. The zero-order valence-corrected chi connectivity index (χ0v) is 13.7. The number of fused-ring (bicyclic) bond motifs is 1. The first-order chi connectivity index (χ1) is 10.7. The zero-order valence-electron chi connectivity index (χ0n) is 12.9. The third kappa shape index (κ3) is 3.14. The average molecular weight is 318 g/mol. The molecule has 0 bridgehead atoms. The molecule has 4 nitrogen and oxygen atoms in total. The molecule has 0 aromatic heterocycles. The molecule has 1 aliphatic heterocycles. The molecule has 5 heteroatoms. The molecule has 0 atom stereocenters. The van der Waals surface area contributed by atoms with Gasteiger partial charge >= 0.3 is 0 Å². The van der Waals surface area contributed by atoms with Crippen molar-refractivity contribution in [2.24, 2.45) is 0 Å². The van der Waals surface area contributed by atoms with Crippen LogP contribution in [0.1, 0.15) is 49.4 Å². The highest BCUT2D eigenvalue weighted by atomic mass is 32.2. The van der Waals surface area contributed by atoms with Gasteiger partial charge in [-0.2, -0.15) is 0 Å². The summed E-state index contributed by atoms with van der Waals surface area (Å²) in [5.74, 6) is 0.535. The third-order valence-corrected chi connectivity index (χ3v) is 5.55. The summed E-state index contributed by atoms with van der Waals surface area (Å²) in [6.45, 7) is 2.78. The van der Waals surface area contributed by atoms with Crippen LogP contribution in [0.2, 0.25) is 0 Å². The topological polar surface area (TPSA) is 49.4 Å². The van der Waals surface area contributed by atoms with Crippen molar-refractivity contribution in [3.05, 3.63) is 23.8 Å². The number of anilines is 1. The predicted molar refractivity (Wildman–Crippen MR) is 89.4 cm³/mol. The van der Waals surface area contributed by atoms with Crippen molar-refractivity contribution in [1.29, 1.82) is 0 Å². The van der Waals surface area contributed by atoms with Gasteiger partial charge in [0, 0.05) is 23.0 Å². The SMILES string of the molecule is CCN(C(=O)c1ccc2c(c1)NC(=O)CS2)C1CCCCC1. The Bertz CT molecular complexity index is 582. The molecule has 118 valence electrons. The van der Waals surface area contributed by atoms with Crippen LogP contribution < -0.4 is 5.32 Å². The predicted octanol–water partition coefficient (Wildman–Crippen LogP) is 3.53. The van der Waals surface area contributed by atoms with E-state index in [2.05, 4.69) is 5.32 Å². The quantitative estimate of drug-likeness (QED) is 0.927. The van der Waals surface area contributed by atoms with Crippen LogP contribution in [0.25, 0.3) is 0 Å². The Labute approximate surface area is 135 Å². The van der Waals surface area contributed by atoms with Gasteiger partial charge in [-0.1, -0.05) is 19.3 Å². The molecular formula is C17H22N2O2S. The van der Waals surface area contributed by atoms with E-state index in [1.165, 1.54) is 31.0 Å². The fraction of sp³-hybridized carbons (Fsp3) is 0.529. The number of hydrogen-bond acceptors (Lipinski definition) is 3. The molecule has 1 N–H and O–H groups in total. The zero-order chi connectivity index (χ0) is 15.5. The monoisotopic (exact) mass is 318 g/mol. The molecule has 3 rings (SSSR count). The van der Waals surface area contributed by atoms with Gasteiger partial charge in [0.05, 0.1) is 11.4 Å². The van der Waals surface area contributed by atoms with Crippen LogP contribution >= 0.6 is 11.8 Å². The second-order valence-corrected chi connectivity index (χ2v) is 6.95. The van der Waals surface area contributed by atoms with Crippen molar-refractivity contribution in [3.63, 3.8) is 0 Å². The maximum Gasteiger partial charge on any atom is 0.254 e. The number of thioether (sulfide) groups is 1. The standard InChI is InChI=1S/C17H22N2O2S/c1-2-19(13-6-4-3-5-7-13)17(21)12-8-9-15-14(10-12)18-16(20)11-22-15/h8-10,13H,2-7,11H2,1H3,(H,18,20). The van der Waals surface area contributed by atoms with Gasteiger partial charge in [0.15, 0.2) is 0 Å². The number of rotatable bonds is 3. The van der Waals surface area contributed by atoms with Crippen LogP contribution in [0.5, 0.6) is 0 Å². The minimum absolute atomic E-state index is 0.00160. The molecule has 1 heterocycles. The molecule has 1 aromatic rings. The smallest absolute Gasteiger partial charge is 0.254 e. The molecule has 1 saturated carbocycles. The Morgan fingerprint density at radius 3 is 2.82 bits per heavy atom. The lowest BCUT2D eigenvalue weighted by Crippen LogP contribution is -2.41. The van der Waals surface area contributed by atoms with Gasteiger partial charge in [0.2, 0.25) is 5.91 Å². The molecule has 1 aromatic carbocycles. The largest absolute Gasteiger partial charge is 0.336 e. The molecule has 0 unspecified atom stereocenters. The molecule has 22 heavy (non-hydrogen) atoms.